The molecule has 162 valence electrons. The molecule has 7 heteroatoms. The summed E-state index contributed by atoms with van der Waals surface area (Å²) in [5.41, 5.74) is 1.04. The smallest absolute Gasteiger partial charge is 0.191 e. The minimum atomic E-state index is -0.0239. The highest BCUT2D eigenvalue weighted by atomic mass is 127. The van der Waals surface area contributed by atoms with Crippen LogP contribution in [-0.4, -0.2) is 44.5 Å². The van der Waals surface area contributed by atoms with Crippen molar-refractivity contribution in [2.45, 2.75) is 53.0 Å². The van der Waals surface area contributed by atoms with E-state index in [0.717, 1.165) is 24.6 Å². The summed E-state index contributed by atoms with van der Waals surface area (Å²) in [6, 6.07) is 5.76. The number of benzene rings is 1. The molecule has 0 aliphatic heterocycles. The molecule has 0 fully saturated rings. The summed E-state index contributed by atoms with van der Waals surface area (Å²) in [5, 5.41) is 15.7. The van der Waals surface area contributed by atoms with E-state index in [2.05, 4.69) is 31.4 Å². The maximum absolute atomic E-state index is 8.90. The molecule has 3 N–H and O–H groups in total. The summed E-state index contributed by atoms with van der Waals surface area (Å²) in [6.07, 6.45) is 4.95. The second-order valence-corrected chi connectivity index (χ2v) is 6.55. The average molecular weight is 507 g/mol. The first-order valence-electron chi connectivity index (χ1n) is 10.1. The van der Waals surface area contributed by atoms with Gasteiger partial charge in [0.15, 0.2) is 17.5 Å². The summed E-state index contributed by atoms with van der Waals surface area (Å²) in [7, 11) is 1.61. The van der Waals surface area contributed by atoms with E-state index in [1.807, 2.05) is 18.2 Å². The van der Waals surface area contributed by atoms with E-state index in [0.29, 0.717) is 24.0 Å². The second-order valence-electron chi connectivity index (χ2n) is 6.55. The molecule has 0 radical (unpaired) electrons. The van der Waals surface area contributed by atoms with Gasteiger partial charge < -0.3 is 25.2 Å². The molecule has 1 rings (SSSR count). The third-order valence-corrected chi connectivity index (χ3v) is 4.44. The fraction of sp³-hybridized carbons (Fsp3) is 0.667. The second kappa shape index (κ2) is 16.7. The molecule has 6 nitrogen and oxygen atoms in total. The number of halogens is 1. The number of aliphatic hydroxyl groups is 1. The van der Waals surface area contributed by atoms with Crippen molar-refractivity contribution >= 4 is 29.9 Å². The lowest BCUT2D eigenvalue weighted by molar-refractivity contribution is 0.196. The van der Waals surface area contributed by atoms with Gasteiger partial charge in [0.25, 0.3) is 0 Å². The van der Waals surface area contributed by atoms with Gasteiger partial charge in [0.05, 0.1) is 20.3 Å². The lowest BCUT2D eigenvalue weighted by Crippen LogP contribution is -2.39. The van der Waals surface area contributed by atoms with E-state index in [-0.39, 0.29) is 37.2 Å². The molecule has 0 bridgehead atoms. The first-order chi connectivity index (χ1) is 13.2. The number of methoxy groups -OCH3 is 1. The molecule has 0 saturated heterocycles. The molecule has 0 amide bonds. The van der Waals surface area contributed by atoms with Crippen LogP contribution < -0.4 is 20.1 Å². The number of rotatable bonds is 13. The molecule has 0 aromatic heterocycles. The maximum atomic E-state index is 8.90. The molecular weight excluding hydrogens is 469 g/mol. The van der Waals surface area contributed by atoms with Gasteiger partial charge in [-0.05, 0) is 37.0 Å². The molecule has 0 spiro atoms. The van der Waals surface area contributed by atoms with Gasteiger partial charge in [0, 0.05) is 13.1 Å². The quantitative estimate of drug-likeness (QED) is 0.214. The first-order valence-corrected chi connectivity index (χ1v) is 10.1. The number of ether oxygens (including phenoxy) is 2. The van der Waals surface area contributed by atoms with Crippen LogP contribution in [0.3, 0.4) is 0 Å². The lowest BCUT2D eigenvalue weighted by Gasteiger charge is -2.18. The van der Waals surface area contributed by atoms with Crippen molar-refractivity contribution in [2.24, 2.45) is 10.9 Å². The van der Waals surface area contributed by atoms with Crippen LogP contribution in [0.4, 0.5) is 0 Å². The van der Waals surface area contributed by atoms with Crippen molar-refractivity contribution in [2.75, 3.05) is 33.4 Å². The number of aliphatic hydroxyl groups excluding tert-OH is 1. The average Bonchev–Trinajstić information content (AvgIpc) is 2.70. The summed E-state index contributed by atoms with van der Waals surface area (Å²) in [6.45, 7) is 9.11. The van der Waals surface area contributed by atoms with Gasteiger partial charge in [0.2, 0.25) is 0 Å². The van der Waals surface area contributed by atoms with Crippen molar-refractivity contribution in [3.63, 3.8) is 0 Å². The maximum Gasteiger partial charge on any atom is 0.191 e. The Morgan fingerprint density at radius 2 is 1.96 bits per heavy atom. The summed E-state index contributed by atoms with van der Waals surface area (Å²) in [5.74, 6) is 2.80. The third-order valence-electron chi connectivity index (χ3n) is 4.44. The van der Waals surface area contributed by atoms with Crippen molar-refractivity contribution in [1.82, 2.24) is 10.6 Å². The summed E-state index contributed by atoms with van der Waals surface area (Å²) >= 11 is 0. The zero-order valence-corrected chi connectivity index (χ0v) is 20.1. The summed E-state index contributed by atoms with van der Waals surface area (Å²) < 4.78 is 10.9. The van der Waals surface area contributed by atoms with Crippen molar-refractivity contribution in [1.29, 1.82) is 0 Å². The van der Waals surface area contributed by atoms with Gasteiger partial charge in [-0.2, -0.15) is 0 Å². The Balaban J connectivity index is 0.00000729. The van der Waals surface area contributed by atoms with Crippen LogP contribution in [0.5, 0.6) is 11.5 Å². The Morgan fingerprint density at radius 3 is 2.57 bits per heavy atom. The normalized spacial score (nSPS) is 12.1. The molecule has 1 atom stereocenters. The Bertz CT molecular complexity index is 556. The molecule has 28 heavy (non-hydrogen) atoms. The van der Waals surface area contributed by atoms with Gasteiger partial charge in [0.1, 0.15) is 6.61 Å². The van der Waals surface area contributed by atoms with Gasteiger partial charge in [-0.25, -0.2) is 4.99 Å². The Morgan fingerprint density at radius 1 is 1.18 bits per heavy atom. The zero-order chi connectivity index (χ0) is 19.9. The van der Waals surface area contributed by atoms with E-state index in [1.54, 1.807) is 7.11 Å². The van der Waals surface area contributed by atoms with E-state index >= 15 is 0 Å². The van der Waals surface area contributed by atoms with Crippen LogP contribution in [0.25, 0.3) is 0 Å². The third kappa shape index (κ3) is 10.4. The fourth-order valence-electron chi connectivity index (χ4n) is 2.78. The molecule has 1 aromatic rings. The molecule has 1 unspecified atom stereocenters. The van der Waals surface area contributed by atoms with Crippen molar-refractivity contribution in [3.05, 3.63) is 23.8 Å². The largest absolute Gasteiger partial charge is 0.493 e. The van der Waals surface area contributed by atoms with Crippen LogP contribution in [-0.2, 0) is 6.54 Å². The zero-order valence-electron chi connectivity index (χ0n) is 17.8. The van der Waals surface area contributed by atoms with E-state index < -0.39 is 0 Å². The number of nitrogens with one attached hydrogen (secondary N) is 2. The highest BCUT2D eigenvalue weighted by molar-refractivity contribution is 14.0. The summed E-state index contributed by atoms with van der Waals surface area (Å²) in [4.78, 5) is 4.70. The molecule has 0 aliphatic rings. The van der Waals surface area contributed by atoms with Crippen LogP contribution in [0.2, 0.25) is 0 Å². The van der Waals surface area contributed by atoms with E-state index in [4.69, 9.17) is 19.6 Å². The van der Waals surface area contributed by atoms with Gasteiger partial charge in [-0.3, -0.25) is 0 Å². The predicted molar refractivity (Wildman–Crippen MR) is 127 cm³/mol. The topological polar surface area (TPSA) is 75.1 Å². The number of hydrogen-bond acceptors (Lipinski definition) is 4. The van der Waals surface area contributed by atoms with E-state index in [1.165, 1.54) is 25.7 Å². The molecular formula is C21H38IN3O3. The van der Waals surface area contributed by atoms with Crippen LogP contribution in [0.15, 0.2) is 23.2 Å². The van der Waals surface area contributed by atoms with E-state index in [9.17, 15) is 0 Å². The van der Waals surface area contributed by atoms with Gasteiger partial charge in [-0.1, -0.05) is 39.2 Å². The standard InChI is InChI=1S/C21H37N3O3.HI/c1-5-8-9-17(6-2)15-23-21(22-7-3)24-16-18-10-11-19(27-13-12-25)20(14-18)26-4;/h10-11,14,17,25H,5-9,12-13,15-16H2,1-4H3,(H2,22,23,24);1H. The van der Waals surface area contributed by atoms with Crippen LogP contribution in [0, 0.1) is 5.92 Å². The number of hydrogen-bond donors (Lipinski definition) is 3. The molecule has 0 saturated carbocycles. The Hall–Kier alpha value is -1.22. The number of nitrogens with zero attached hydrogens (tertiary/aromatic N) is 1. The lowest BCUT2D eigenvalue weighted by atomic mass is 9.99. The minimum Gasteiger partial charge on any atom is -0.493 e. The van der Waals surface area contributed by atoms with Crippen molar-refractivity contribution in [3.8, 4) is 11.5 Å². The molecule has 1 aromatic carbocycles. The van der Waals surface area contributed by atoms with Crippen LogP contribution in [0.1, 0.15) is 52.0 Å². The Labute approximate surface area is 187 Å². The fourth-order valence-corrected chi connectivity index (χ4v) is 2.78. The monoisotopic (exact) mass is 507 g/mol. The number of aliphatic imine (C=N–C) groups is 1. The highest BCUT2D eigenvalue weighted by Crippen LogP contribution is 2.28. The minimum absolute atomic E-state index is 0. The molecule has 0 heterocycles. The van der Waals surface area contributed by atoms with Crippen molar-refractivity contribution < 1.29 is 14.6 Å². The SMILES string of the molecule is CCCCC(CC)CNC(=NCc1ccc(OCCO)c(OC)c1)NCC.I. The number of unbranched alkanes of at least 4 members (excludes halogenated alkanes) is 1. The first kappa shape index (κ1) is 26.8. The Kier molecular flexibility index (Phi) is 16.0. The molecule has 0 aliphatic carbocycles. The number of guanidine groups is 1. The van der Waals surface area contributed by atoms with Gasteiger partial charge >= 0.3 is 0 Å². The highest BCUT2D eigenvalue weighted by Gasteiger charge is 2.08. The van der Waals surface area contributed by atoms with Crippen LogP contribution >= 0.6 is 24.0 Å². The predicted octanol–water partition coefficient (Wildman–Crippen LogP) is 3.96. The van der Waals surface area contributed by atoms with Gasteiger partial charge in [-0.15, -0.1) is 24.0 Å².